The maximum atomic E-state index is 11.8. The number of nitrogens with zero attached hydrogens (tertiary/aromatic N) is 3. The smallest absolute Gasteiger partial charge is 0.251 e. The summed E-state index contributed by atoms with van der Waals surface area (Å²) in [6.07, 6.45) is 1.78. The monoisotopic (exact) mass is 534 g/mol. The Hall–Kier alpha value is -2.62. The van der Waals surface area contributed by atoms with Crippen molar-refractivity contribution in [3.05, 3.63) is 65.5 Å². The number of carbonyl (C=O) groups is 1. The molecule has 8 heteroatoms. The van der Waals surface area contributed by atoms with Crippen LogP contribution in [0, 0.1) is 6.92 Å². The van der Waals surface area contributed by atoms with E-state index < -0.39 is 0 Å². The number of carbonyl (C=O) groups excluding carboxylic acids is 1. The Morgan fingerprint density at radius 3 is 2.65 bits per heavy atom. The van der Waals surface area contributed by atoms with Gasteiger partial charge >= 0.3 is 0 Å². The van der Waals surface area contributed by atoms with Crippen molar-refractivity contribution in [1.82, 2.24) is 25.5 Å². The molecule has 1 aromatic heterocycles. The molecule has 1 amide bonds. The van der Waals surface area contributed by atoms with E-state index in [1.54, 1.807) is 14.1 Å². The average molecular weight is 534 g/mol. The largest absolute Gasteiger partial charge is 0.356 e. The minimum atomic E-state index is -0.0665. The maximum Gasteiger partial charge on any atom is 0.251 e. The fourth-order valence-electron chi connectivity index (χ4n) is 3.48. The summed E-state index contributed by atoms with van der Waals surface area (Å²) < 4.78 is 2.26. The highest BCUT2D eigenvalue weighted by atomic mass is 127. The van der Waals surface area contributed by atoms with E-state index in [1.807, 2.05) is 49.4 Å². The van der Waals surface area contributed by atoms with Crippen LogP contribution in [0.3, 0.4) is 0 Å². The Labute approximate surface area is 200 Å². The summed E-state index contributed by atoms with van der Waals surface area (Å²) in [5.41, 5.74) is 4.01. The van der Waals surface area contributed by atoms with Crippen LogP contribution in [0.4, 0.5) is 0 Å². The zero-order valence-electron chi connectivity index (χ0n) is 18.3. The highest BCUT2D eigenvalue weighted by Gasteiger charge is 2.07. The number of benzene rings is 2. The molecule has 3 N–H and O–H groups in total. The molecule has 0 aliphatic carbocycles. The van der Waals surface area contributed by atoms with E-state index in [0.29, 0.717) is 5.56 Å². The first-order valence-electron chi connectivity index (χ1n) is 10.3. The summed E-state index contributed by atoms with van der Waals surface area (Å²) in [4.78, 5) is 20.7. The van der Waals surface area contributed by atoms with Gasteiger partial charge in [-0.2, -0.15) is 0 Å². The number of para-hydroxylation sites is 2. The zero-order valence-corrected chi connectivity index (χ0v) is 20.6. The molecule has 2 aromatic carbocycles. The van der Waals surface area contributed by atoms with Gasteiger partial charge in [-0.3, -0.25) is 9.79 Å². The number of halogens is 1. The predicted molar refractivity (Wildman–Crippen MR) is 137 cm³/mol. The van der Waals surface area contributed by atoms with Crippen LogP contribution in [-0.2, 0) is 13.0 Å². The molecule has 3 aromatic rings. The normalized spacial score (nSPS) is 11.1. The summed E-state index contributed by atoms with van der Waals surface area (Å²) in [6, 6.07) is 15.9. The van der Waals surface area contributed by atoms with Crippen molar-refractivity contribution >= 4 is 46.9 Å². The summed E-state index contributed by atoms with van der Waals surface area (Å²) in [6.45, 7) is 4.51. The molecule has 0 aliphatic rings. The molecule has 166 valence electrons. The van der Waals surface area contributed by atoms with Crippen LogP contribution in [-0.4, -0.2) is 48.6 Å². The van der Waals surface area contributed by atoms with Gasteiger partial charge in [0.05, 0.1) is 11.0 Å². The molecule has 0 bridgehead atoms. The number of guanidine groups is 1. The van der Waals surface area contributed by atoms with E-state index in [9.17, 15) is 4.79 Å². The Balaban J connectivity index is 0.00000341. The number of rotatable bonds is 8. The van der Waals surface area contributed by atoms with E-state index in [2.05, 4.69) is 36.6 Å². The quantitative estimate of drug-likeness (QED) is 0.180. The molecule has 0 fully saturated rings. The molecular formula is C23H31IN6O. The SMILES string of the molecule is CN=C(NCCCn1c(C)nc2ccccc21)NCCc1cccc(C(=O)NC)c1.I. The Kier molecular flexibility index (Phi) is 9.77. The molecule has 1 heterocycles. The van der Waals surface area contributed by atoms with Gasteiger partial charge in [0.15, 0.2) is 5.96 Å². The lowest BCUT2D eigenvalue weighted by Gasteiger charge is -2.13. The molecule has 0 unspecified atom stereocenters. The maximum absolute atomic E-state index is 11.8. The number of hydrogen-bond acceptors (Lipinski definition) is 3. The molecule has 7 nitrogen and oxygen atoms in total. The highest BCUT2D eigenvalue weighted by Crippen LogP contribution is 2.15. The Morgan fingerprint density at radius 1 is 1.10 bits per heavy atom. The minimum Gasteiger partial charge on any atom is -0.356 e. The number of imidazole rings is 1. The number of nitrogens with one attached hydrogen (secondary N) is 3. The summed E-state index contributed by atoms with van der Waals surface area (Å²) in [5.74, 6) is 1.76. The van der Waals surface area contributed by atoms with Crippen LogP contribution in [0.5, 0.6) is 0 Å². The number of aromatic nitrogens is 2. The molecule has 0 atom stereocenters. The third kappa shape index (κ3) is 6.68. The molecule has 0 saturated carbocycles. The van der Waals surface area contributed by atoms with Gasteiger partial charge in [0.2, 0.25) is 0 Å². The Morgan fingerprint density at radius 2 is 1.87 bits per heavy atom. The lowest BCUT2D eigenvalue weighted by Crippen LogP contribution is -2.39. The van der Waals surface area contributed by atoms with Crippen LogP contribution in [0.25, 0.3) is 11.0 Å². The third-order valence-corrected chi connectivity index (χ3v) is 5.04. The summed E-state index contributed by atoms with van der Waals surface area (Å²) in [7, 11) is 3.41. The predicted octanol–water partition coefficient (Wildman–Crippen LogP) is 3.12. The van der Waals surface area contributed by atoms with E-state index in [1.165, 1.54) is 5.52 Å². The van der Waals surface area contributed by atoms with Crippen LogP contribution in [0.1, 0.15) is 28.2 Å². The van der Waals surface area contributed by atoms with Gasteiger partial charge < -0.3 is 20.5 Å². The minimum absolute atomic E-state index is 0. The molecule has 31 heavy (non-hydrogen) atoms. The van der Waals surface area contributed by atoms with Gasteiger partial charge in [-0.15, -0.1) is 24.0 Å². The van der Waals surface area contributed by atoms with Crippen molar-refractivity contribution in [2.75, 3.05) is 27.2 Å². The first-order valence-corrected chi connectivity index (χ1v) is 10.3. The molecule has 0 saturated heterocycles. The number of aliphatic imine (C=N–C) groups is 1. The number of amides is 1. The van der Waals surface area contributed by atoms with Crippen molar-refractivity contribution in [3.8, 4) is 0 Å². The first-order chi connectivity index (χ1) is 14.6. The topological polar surface area (TPSA) is 83.3 Å². The second-order valence-corrected chi connectivity index (χ2v) is 7.11. The molecule has 0 radical (unpaired) electrons. The highest BCUT2D eigenvalue weighted by molar-refractivity contribution is 14.0. The zero-order chi connectivity index (χ0) is 21.3. The second-order valence-electron chi connectivity index (χ2n) is 7.11. The first kappa shape index (κ1) is 24.6. The third-order valence-electron chi connectivity index (χ3n) is 5.04. The second kappa shape index (κ2) is 12.3. The van der Waals surface area contributed by atoms with Crippen molar-refractivity contribution in [2.24, 2.45) is 4.99 Å². The van der Waals surface area contributed by atoms with Crippen molar-refractivity contribution in [1.29, 1.82) is 0 Å². The van der Waals surface area contributed by atoms with Gasteiger partial charge in [-0.1, -0.05) is 24.3 Å². The average Bonchev–Trinajstić information content (AvgIpc) is 3.10. The van der Waals surface area contributed by atoms with Crippen molar-refractivity contribution < 1.29 is 4.79 Å². The fourth-order valence-corrected chi connectivity index (χ4v) is 3.48. The van der Waals surface area contributed by atoms with E-state index >= 15 is 0 Å². The number of hydrogen-bond donors (Lipinski definition) is 3. The van der Waals surface area contributed by atoms with Gasteiger partial charge in [0.1, 0.15) is 5.82 Å². The van der Waals surface area contributed by atoms with Crippen LogP contribution >= 0.6 is 24.0 Å². The summed E-state index contributed by atoms with van der Waals surface area (Å²) >= 11 is 0. The van der Waals surface area contributed by atoms with Gasteiger partial charge in [-0.05, 0) is 49.6 Å². The molecular weight excluding hydrogens is 503 g/mol. The number of aryl methyl sites for hydroxylation is 2. The summed E-state index contributed by atoms with van der Waals surface area (Å²) in [5, 5.41) is 9.35. The molecule has 3 rings (SSSR count). The van der Waals surface area contributed by atoms with Crippen molar-refractivity contribution in [3.63, 3.8) is 0 Å². The lowest BCUT2D eigenvalue weighted by molar-refractivity contribution is 0.0963. The lowest BCUT2D eigenvalue weighted by atomic mass is 10.1. The van der Waals surface area contributed by atoms with Crippen molar-refractivity contribution in [2.45, 2.75) is 26.3 Å². The standard InChI is InChI=1S/C23H30N6O.HI/c1-17-28-20-10-4-5-11-21(20)29(17)15-7-13-26-23(25-3)27-14-12-18-8-6-9-19(16-18)22(30)24-2;/h4-6,8-11,16H,7,12-15H2,1-3H3,(H,24,30)(H2,25,26,27);1H. The van der Waals surface area contributed by atoms with E-state index in [0.717, 1.165) is 55.3 Å². The Bertz CT molecular complexity index is 1030. The van der Waals surface area contributed by atoms with Gasteiger partial charge in [0.25, 0.3) is 5.91 Å². The van der Waals surface area contributed by atoms with E-state index in [4.69, 9.17) is 0 Å². The van der Waals surface area contributed by atoms with Crippen LogP contribution in [0.2, 0.25) is 0 Å². The molecule has 0 aliphatic heterocycles. The van der Waals surface area contributed by atoms with Gasteiger partial charge in [-0.25, -0.2) is 4.98 Å². The number of fused-ring (bicyclic) bond motifs is 1. The van der Waals surface area contributed by atoms with Crippen LogP contribution < -0.4 is 16.0 Å². The van der Waals surface area contributed by atoms with Gasteiger partial charge in [0, 0.05) is 39.3 Å². The molecule has 0 spiro atoms. The fraction of sp³-hybridized carbons (Fsp3) is 0.348. The van der Waals surface area contributed by atoms with Crippen LogP contribution in [0.15, 0.2) is 53.5 Å². The van der Waals surface area contributed by atoms with E-state index in [-0.39, 0.29) is 29.9 Å².